The second-order valence-corrected chi connectivity index (χ2v) is 5.46. The number of nitrogens with two attached hydrogens (primary N) is 1. The number of carbonyl (C=O) groups is 1. The lowest BCUT2D eigenvalue weighted by Crippen LogP contribution is -2.44. The fraction of sp³-hybridized carbons (Fsp3) is 0.583. The summed E-state index contributed by atoms with van der Waals surface area (Å²) in [5.74, 6) is 0.0141. The van der Waals surface area contributed by atoms with Crippen LogP contribution in [0.25, 0.3) is 0 Å². The second-order valence-electron chi connectivity index (χ2n) is 4.43. The fourth-order valence-electron chi connectivity index (χ4n) is 1.47. The maximum absolute atomic E-state index is 12.0. The average Bonchev–Trinajstić information content (AvgIpc) is 2.75. The van der Waals surface area contributed by atoms with Gasteiger partial charge in [-0.2, -0.15) is 0 Å². The Kier molecular flexibility index (Phi) is 8.18. The summed E-state index contributed by atoms with van der Waals surface area (Å²) in [6.07, 6.45) is 0. The van der Waals surface area contributed by atoms with Crippen molar-refractivity contribution in [2.24, 2.45) is 5.73 Å². The van der Waals surface area contributed by atoms with Crippen LogP contribution in [0.2, 0.25) is 0 Å². The fourth-order valence-corrected chi connectivity index (χ4v) is 2.19. The lowest BCUT2D eigenvalue weighted by Gasteiger charge is -2.25. The van der Waals surface area contributed by atoms with Crippen molar-refractivity contribution in [3.05, 3.63) is 22.4 Å². The summed E-state index contributed by atoms with van der Waals surface area (Å²) < 4.78 is 0. The van der Waals surface area contributed by atoms with Gasteiger partial charge < -0.3 is 15.5 Å². The molecule has 0 spiro atoms. The molecule has 0 aliphatic heterocycles. The van der Waals surface area contributed by atoms with Crippen LogP contribution in [0.4, 0.5) is 0 Å². The molecule has 0 aliphatic carbocycles. The van der Waals surface area contributed by atoms with Crippen LogP contribution in [0.15, 0.2) is 17.5 Å². The predicted octanol–water partition coefficient (Wildman–Crippen LogP) is 1.41. The Morgan fingerprint density at radius 2 is 2.11 bits per heavy atom. The maximum Gasteiger partial charge on any atom is 0.239 e. The summed E-state index contributed by atoms with van der Waals surface area (Å²) in [4.78, 5) is 17.1. The normalized spacial score (nSPS) is 12.1. The van der Waals surface area contributed by atoms with Crippen molar-refractivity contribution in [3.63, 3.8) is 0 Å². The number of rotatable bonds is 6. The predicted molar refractivity (Wildman–Crippen MR) is 79.2 cm³/mol. The molecule has 1 aromatic heterocycles. The summed E-state index contributed by atoms with van der Waals surface area (Å²) in [6.45, 7) is 3.96. The highest BCUT2D eigenvalue weighted by atomic mass is 35.5. The van der Waals surface area contributed by atoms with E-state index in [2.05, 4.69) is 4.90 Å². The molecule has 1 heterocycles. The van der Waals surface area contributed by atoms with Gasteiger partial charge in [-0.3, -0.25) is 4.79 Å². The first-order valence-electron chi connectivity index (χ1n) is 5.72. The van der Waals surface area contributed by atoms with Crippen molar-refractivity contribution >= 4 is 29.7 Å². The SMILES string of the molecule is C[C@@H](N)C(=O)N(CCN(C)C)Cc1cccs1.Cl. The van der Waals surface area contributed by atoms with E-state index in [-0.39, 0.29) is 18.3 Å². The summed E-state index contributed by atoms with van der Waals surface area (Å²) in [5, 5.41) is 2.02. The molecule has 0 aromatic carbocycles. The number of thiophene rings is 1. The highest BCUT2D eigenvalue weighted by Gasteiger charge is 2.17. The highest BCUT2D eigenvalue weighted by Crippen LogP contribution is 2.12. The Balaban J connectivity index is 0.00000289. The van der Waals surface area contributed by atoms with E-state index in [1.165, 1.54) is 4.88 Å². The Morgan fingerprint density at radius 1 is 1.44 bits per heavy atom. The molecular formula is C12H22ClN3OS. The number of hydrogen-bond donors (Lipinski definition) is 1. The van der Waals surface area contributed by atoms with Gasteiger partial charge in [-0.1, -0.05) is 6.07 Å². The van der Waals surface area contributed by atoms with Crippen LogP contribution >= 0.6 is 23.7 Å². The third-order valence-electron chi connectivity index (χ3n) is 2.45. The molecule has 0 aliphatic rings. The van der Waals surface area contributed by atoms with Crippen molar-refractivity contribution in [2.45, 2.75) is 19.5 Å². The molecule has 0 unspecified atom stereocenters. The zero-order chi connectivity index (χ0) is 12.8. The zero-order valence-corrected chi connectivity index (χ0v) is 12.8. The molecule has 104 valence electrons. The molecule has 1 amide bonds. The van der Waals surface area contributed by atoms with Crippen LogP contribution in [-0.2, 0) is 11.3 Å². The van der Waals surface area contributed by atoms with Crippen LogP contribution in [0.5, 0.6) is 0 Å². The van der Waals surface area contributed by atoms with E-state index in [4.69, 9.17) is 5.73 Å². The number of carbonyl (C=O) groups excluding carboxylic acids is 1. The number of amides is 1. The van der Waals surface area contributed by atoms with E-state index < -0.39 is 6.04 Å². The lowest BCUT2D eigenvalue weighted by atomic mass is 10.3. The highest BCUT2D eigenvalue weighted by molar-refractivity contribution is 7.09. The van der Waals surface area contributed by atoms with Gasteiger partial charge in [0.15, 0.2) is 0 Å². The van der Waals surface area contributed by atoms with Gasteiger partial charge in [-0.05, 0) is 32.5 Å². The van der Waals surface area contributed by atoms with Crippen molar-refractivity contribution in [1.82, 2.24) is 9.80 Å². The van der Waals surface area contributed by atoms with E-state index in [1.54, 1.807) is 18.3 Å². The van der Waals surface area contributed by atoms with Gasteiger partial charge in [0.25, 0.3) is 0 Å². The van der Waals surface area contributed by atoms with E-state index >= 15 is 0 Å². The molecule has 0 fully saturated rings. The molecular weight excluding hydrogens is 270 g/mol. The van der Waals surface area contributed by atoms with Gasteiger partial charge in [0.05, 0.1) is 12.6 Å². The van der Waals surface area contributed by atoms with Crippen LogP contribution in [0, 0.1) is 0 Å². The molecule has 2 N–H and O–H groups in total. The Bertz CT molecular complexity index is 341. The summed E-state index contributed by atoms with van der Waals surface area (Å²) in [5.41, 5.74) is 5.67. The molecule has 1 rings (SSSR count). The first-order chi connectivity index (χ1) is 8.00. The molecule has 1 atom stereocenters. The monoisotopic (exact) mass is 291 g/mol. The Labute approximate surface area is 119 Å². The lowest BCUT2D eigenvalue weighted by molar-refractivity contribution is -0.132. The van der Waals surface area contributed by atoms with Crippen molar-refractivity contribution in [1.29, 1.82) is 0 Å². The standard InChI is InChI=1S/C12H21N3OS.ClH/c1-10(13)12(16)15(7-6-14(2)3)9-11-5-4-8-17-11;/h4-5,8,10H,6-7,9,13H2,1-3H3;1H/t10-;/m1./s1. The zero-order valence-electron chi connectivity index (χ0n) is 11.1. The number of hydrogen-bond acceptors (Lipinski definition) is 4. The molecule has 0 saturated heterocycles. The van der Waals surface area contributed by atoms with Crippen LogP contribution < -0.4 is 5.73 Å². The largest absolute Gasteiger partial charge is 0.335 e. The van der Waals surface area contributed by atoms with Crippen molar-refractivity contribution in [2.75, 3.05) is 27.2 Å². The van der Waals surface area contributed by atoms with Crippen LogP contribution in [0.1, 0.15) is 11.8 Å². The third-order valence-corrected chi connectivity index (χ3v) is 3.31. The van der Waals surface area contributed by atoms with Crippen molar-refractivity contribution in [3.8, 4) is 0 Å². The minimum absolute atomic E-state index is 0. The quantitative estimate of drug-likeness (QED) is 0.862. The van der Waals surface area contributed by atoms with E-state index in [9.17, 15) is 4.79 Å². The van der Waals surface area contributed by atoms with Gasteiger partial charge >= 0.3 is 0 Å². The van der Waals surface area contributed by atoms with Crippen molar-refractivity contribution < 1.29 is 4.79 Å². The van der Waals surface area contributed by atoms with Gasteiger partial charge in [0.1, 0.15) is 0 Å². The molecule has 4 nitrogen and oxygen atoms in total. The number of nitrogens with zero attached hydrogens (tertiary/aromatic N) is 2. The first-order valence-corrected chi connectivity index (χ1v) is 6.60. The van der Waals surface area contributed by atoms with Gasteiger partial charge in [-0.15, -0.1) is 23.7 Å². The van der Waals surface area contributed by atoms with E-state index in [0.29, 0.717) is 13.1 Å². The van der Waals surface area contributed by atoms with Gasteiger partial charge in [-0.25, -0.2) is 0 Å². The number of likely N-dealkylation sites (N-methyl/N-ethyl adjacent to an activating group) is 1. The van der Waals surface area contributed by atoms with E-state index in [1.807, 2.05) is 36.5 Å². The molecule has 18 heavy (non-hydrogen) atoms. The van der Waals surface area contributed by atoms with Gasteiger partial charge in [0.2, 0.25) is 5.91 Å². The number of halogens is 1. The molecule has 0 bridgehead atoms. The molecule has 6 heteroatoms. The summed E-state index contributed by atoms with van der Waals surface area (Å²) in [6, 6.07) is 3.61. The molecule has 0 radical (unpaired) electrons. The summed E-state index contributed by atoms with van der Waals surface area (Å²) in [7, 11) is 4.00. The maximum atomic E-state index is 12.0. The third kappa shape index (κ3) is 5.82. The van der Waals surface area contributed by atoms with Crippen LogP contribution in [-0.4, -0.2) is 48.9 Å². The Morgan fingerprint density at radius 3 is 2.56 bits per heavy atom. The first kappa shape index (κ1) is 17.4. The molecule has 1 aromatic rings. The topological polar surface area (TPSA) is 49.6 Å². The van der Waals surface area contributed by atoms with E-state index in [0.717, 1.165) is 6.54 Å². The minimum Gasteiger partial charge on any atom is -0.335 e. The Hall–Kier alpha value is -0.620. The molecule has 0 saturated carbocycles. The second kappa shape index (κ2) is 8.48. The minimum atomic E-state index is -0.433. The smallest absolute Gasteiger partial charge is 0.239 e. The average molecular weight is 292 g/mol. The van der Waals surface area contributed by atoms with Crippen LogP contribution in [0.3, 0.4) is 0 Å². The van der Waals surface area contributed by atoms with Gasteiger partial charge in [0, 0.05) is 18.0 Å². The summed E-state index contributed by atoms with van der Waals surface area (Å²) >= 11 is 1.67.